The number of amides is 3. The van der Waals surface area contributed by atoms with Crippen molar-refractivity contribution in [2.24, 2.45) is 11.0 Å². The summed E-state index contributed by atoms with van der Waals surface area (Å²) in [6, 6.07) is 9.65. The molecule has 0 radical (unpaired) electrons. The van der Waals surface area contributed by atoms with Gasteiger partial charge in [-0.3, -0.25) is 14.4 Å². The van der Waals surface area contributed by atoms with Crippen LogP contribution in [0.2, 0.25) is 0 Å². The summed E-state index contributed by atoms with van der Waals surface area (Å²) < 4.78 is 5.74. The maximum absolute atomic E-state index is 13.1. The minimum Gasteiger partial charge on any atom is -0.372 e. The van der Waals surface area contributed by atoms with Gasteiger partial charge in [-0.15, -0.1) is 0 Å². The van der Waals surface area contributed by atoms with Gasteiger partial charge in [0.15, 0.2) is 0 Å². The summed E-state index contributed by atoms with van der Waals surface area (Å²) in [6.07, 6.45) is 2.07. The number of nitrogens with zero attached hydrogens (tertiary/aromatic N) is 4. The van der Waals surface area contributed by atoms with E-state index in [1.165, 1.54) is 5.01 Å². The number of rotatable bonds is 4. The molecule has 8 nitrogen and oxygen atoms in total. The largest absolute Gasteiger partial charge is 0.372 e. The van der Waals surface area contributed by atoms with Gasteiger partial charge in [-0.2, -0.15) is 5.10 Å². The number of piperidine rings is 1. The SMILES string of the molecule is CC1CN(C(=O)C2CCN(C(=O)C3=NN(Cc4ccccc4)C(=O)CC3)CC2)CC(C)O1. The van der Waals surface area contributed by atoms with Crippen LogP contribution in [0.25, 0.3) is 0 Å². The number of hydrogen-bond acceptors (Lipinski definition) is 5. The molecule has 4 rings (SSSR count). The Morgan fingerprint density at radius 3 is 2.31 bits per heavy atom. The van der Waals surface area contributed by atoms with Crippen molar-refractivity contribution in [1.29, 1.82) is 0 Å². The van der Waals surface area contributed by atoms with E-state index < -0.39 is 0 Å². The van der Waals surface area contributed by atoms with Gasteiger partial charge in [0, 0.05) is 44.9 Å². The van der Waals surface area contributed by atoms with Gasteiger partial charge >= 0.3 is 0 Å². The van der Waals surface area contributed by atoms with E-state index in [2.05, 4.69) is 5.10 Å². The third-order valence-electron chi connectivity index (χ3n) is 6.39. The smallest absolute Gasteiger partial charge is 0.270 e. The van der Waals surface area contributed by atoms with Crippen LogP contribution in [0.1, 0.15) is 45.1 Å². The van der Waals surface area contributed by atoms with E-state index in [0.29, 0.717) is 64.1 Å². The molecule has 2 atom stereocenters. The summed E-state index contributed by atoms with van der Waals surface area (Å²) in [6.45, 7) is 6.69. The first kappa shape index (κ1) is 22.5. The van der Waals surface area contributed by atoms with Gasteiger partial charge in [-0.1, -0.05) is 30.3 Å². The van der Waals surface area contributed by atoms with Crippen LogP contribution in [-0.2, 0) is 25.7 Å². The number of ether oxygens (including phenoxy) is 1. The molecule has 32 heavy (non-hydrogen) atoms. The van der Waals surface area contributed by atoms with Crippen LogP contribution in [0.5, 0.6) is 0 Å². The number of carbonyl (C=O) groups excluding carboxylic acids is 3. The van der Waals surface area contributed by atoms with Gasteiger partial charge in [-0.25, -0.2) is 5.01 Å². The fourth-order valence-corrected chi connectivity index (χ4v) is 4.76. The fraction of sp³-hybridized carbons (Fsp3) is 0.583. The van der Waals surface area contributed by atoms with E-state index in [9.17, 15) is 14.4 Å². The van der Waals surface area contributed by atoms with Crippen molar-refractivity contribution < 1.29 is 19.1 Å². The Morgan fingerprint density at radius 1 is 1.00 bits per heavy atom. The van der Waals surface area contributed by atoms with Crippen LogP contribution in [0, 0.1) is 5.92 Å². The Balaban J connectivity index is 1.34. The number of likely N-dealkylation sites (tertiary alicyclic amines) is 1. The molecule has 2 unspecified atom stereocenters. The second-order valence-corrected chi connectivity index (χ2v) is 9.05. The van der Waals surface area contributed by atoms with E-state index in [0.717, 1.165) is 5.56 Å². The van der Waals surface area contributed by atoms with Gasteiger partial charge in [0.1, 0.15) is 5.71 Å². The first-order valence-electron chi connectivity index (χ1n) is 11.6. The highest BCUT2D eigenvalue weighted by Crippen LogP contribution is 2.23. The fourth-order valence-electron chi connectivity index (χ4n) is 4.76. The first-order chi connectivity index (χ1) is 15.4. The van der Waals surface area contributed by atoms with E-state index in [4.69, 9.17) is 4.74 Å². The van der Waals surface area contributed by atoms with Crippen LogP contribution in [0.3, 0.4) is 0 Å². The molecule has 0 saturated carbocycles. The maximum atomic E-state index is 13.1. The molecule has 2 saturated heterocycles. The maximum Gasteiger partial charge on any atom is 0.270 e. The van der Waals surface area contributed by atoms with E-state index in [-0.39, 0.29) is 35.8 Å². The molecule has 172 valence electrons. The zero-order chi connectivity index (χ0) is 22.7. The Kier molecular flexibility index (Phi) is 6.89. The molecule has 0 spiro atoms. The standard InChI is InChI=1S/C24H32N4O4/c1-17-14-27(15-18(2)32-17)23(30)20-10-12-26(13-11-20)24(31)21-8-9-22(29)28(25-21)16-19-6-4-3-5-7-19/h3-7,17-18,20H,8-16H2,1-2H3. The van der Waals surface area contributed by atoms with Gasteiger partial charge in [0.2, 0.25) is 11.8 Å². The molecule has 3 heterocycles. The lowest BCUT2D eigenvalue weighted by Crippen LogP contribution is -2.52. The molecule has 1 aromatic carbocycles. The summed E-state index contributed by atoms with van der Waals surface area (Å²) in [4.78, 5) is 42.0. The molecule has 0 bridgehead atoms. The first-order valence-corrected chi connectivity index (χ1v) is 11.6. The van der Waals surface area contributed by atoms with Gasteiger partial charge < -0.3 is 14.5 Å². The van der Waals surface area contributed by atoms with Crippen molar-refractivity contribution in [3.8, 4) is 0 Å². The van der Waals surface area contributed by atoms with Gasteiger partial charge in [0.25, 0.3) is 5.91 Å². The Bertz CT molecular complexity index is 869. The van der Waals surface area contributed by atoms with Gasteiger partial charge in [-0.05, 0) is 32.3 Å². The predicted molar refractivity (Wildman–Crippen MR) is 120 cm³/mol. The monoisotopic (exact) mass is 440 g/mol. The molecular weight excluding hydrogens is 408 g/mol. The molecule has 2 fully saturated rings. The predicted octanol–water partition coefficient (Wildman–Crippen LogP) is 2.04. The third-order valence-corrected chi connectivity index (χ3v) is 6.39. The molecule has 8 heteroatoms. The second-order valence-electron chi connectivity index (χ2n) is 9.05. The minimum atomic E-state index is -0.116. The summed E-state index contributed by atoms with van der Waals surface area (Å²) in [5.74, 6) is -0.0616. The highest BCUT2D eigenvalue weighted by molar-refractivity contribution is 6.39. The highest BCUT2D eigenvalue weighted by Gasteiger charge is 2.35. The Hall–Kier alpha value is -2.74. The summed E-state index contributed by atoms with van der Waals surface area (Å²) in [7, 11) is 0. The molecule has 0 aromatic heterocycles. The molecule has 3 aliphatic heterocycles. The Labute approximate surface area is 189 Å². The lowest BCUT2D eigenvalue weighted by molar-refractivity contribution is -0.149. The normalized spacial score (nSPS) is 25.0. The molecule has 0 aliphatic carbocycles. The molecule has 0 N–H and O–H groups in total. The van der Waals surface area contributed by atoms with E-state index >= 15 is 0 Å². The lowest BCUT2D eigenvalue weighted by Gasteiger charge is -2.39. The van der Waals surface area contributed by atoms with Crippen molar-refractivity contribution in [3.63, 3.8) is 0 Å². The van der Waals surface area contributed by atoms with E-state index in [1.807, 2.05) is 49.1 Å². The van der Waals surface area contributed by atoms with Crippen LogP contribution < -0.4 is 0 Å². The quantitative estimate of drug-likeness (QED) is 0.717. The lowest BCUT2D eigenvalue weighted by atomic mass is 9.94. The molecule has 1 aromatic rings. The zero-order valence-electron chi connectivity index (χ0n) is 18.9. The van der Waals surface area contributed by atoms with Crippen LogP contribution in [0.15, 0.2) is 35.4 Å². The average molecular weight is 441 g/mol. The zero-order valence-corrected chi connectivity index (χ0v) is 18.9. The van der Waals surface area contributed by atoms with Gasteiger partial charge in [0.05, 0.1) is 18.8 Å². The number of morpholine rings is 1. The number of hydrogen-bond donors (Lipinski definition) is 0. The van der Waals surface area contributed by atoms with Crippen molar-refractivity contribution in [1.82, 2.24) is 14.8 Å². The topological polar surface area (TPSA) is 82.5 Å². The van der Waals surface area contributed by atoms with Crippen molar-refractivity contribution in [3.05, 3.63) is 35.9 Å². The van der Waals surface area contributed by atoms with Crippen molar-refractivity contribution in [2.75, 3.05) is 26.2 Å². The van der Waals surface area contributed by atoms with Crippen LogP contribution in [0.4, 0.5) is 0 Å². The van der Waals surface area contributed by atoms with Crippen LogP contribution >= 0.6 is 0 Å². The minimum absolute atomic E-state index is 0.0511. The van der Waals surface area contributed by atoms with Crippen molar-refractivity contribution in [2.45, 2.75) is 58.3 Å². The molecular formula is C24H32N4O4. The Morgan fingerprint density at radius 2 is 1.66 bits per heavy atom. The summed E-state index contributed by atoms with van der Waals surface area (Å²) in [5.41, 5.74) is 1.41. The van der Waals surface area contributed by atoms with Crippen LogP contribution in [-0.4, -0.2) is 76.6 Å². The summed E-state index contributed by atoms with van der Waals surface area (Å²) in [5, 5.41) is 5.80. The van der Waals surface area contributed by atoms with Crippen molar-refractivity contribution >= 4 is 23.4 Å². The molecule has 3 aliphatic rings. The third kappa shape index (κ3) is 5.18. The number of carbonyl (C=O) groups is 3. The molecule has 3 amide bonds. The highest BCUT2D eigenvalue weighted by atomic mass is 16.5. The number of benzene rings is 1. The second kappa shape index (κ2) is 9.81. The number of hydrazone groups is 1. The van der Waals surface area contributed by atoms with E-state index in [1.54, 1.807) is 4.90 Å². The summed E-state index contributed by atoms with van der Waals surface area (Å²) >= 11 is 0. The average Bonchev–Trinajstić information content (AvgIpc) is 2.80.